The molecule has 0 spiro atoms. The zero-order chi connectivity index (χ0) is 48.8. The second-order valence-electron chi connectivity index (χ2n) is 11.7. The number of nitrogens with one attached hydrogen (secondary N) is 2. The zero-order valence-corrected chi connectivity index (χ0v) is 51.8. The van der Waals surface area contributed by atoms with Gasteiger partial charge in [0.2, 0.25) is 21.3 Å². The van der Waals surface area contributed by atoms with E-state index in [-0.39, 0.29) is 166 Å². The first-order valence-electron chi connectivity index (χ1n) is 16.2. The fourth-order valence-corrected chi connectivity index (χ4v) is 9.72. The summed E-state index contributed by atoms with van der Waals surface area (Å²) in [7, 11) is -31.2. The third-order valence-corrected chi connectivity index (χ3v) is 14.4. The van der Waals surface area contributed by atoms with Gasteiger partial charge in [0.1, 0.15) is 36.0 Å². The van der Waals surface area contributed by atoms with Gasteiger partial charge in [-0.25, -0.2) is 50.5 Å². The van der Waals surface area contributed by atoms with Crippen LogP contribution in [0.25, 0.3) is 0 Å². The normalized spacial score (nSPS) is 12.7. The van der Waals surface area contributed by atoms with Gasteiger partial charge >= 0.3 is 148 Å². The molecule has 0 fully saturated rings. The molecule has 70 heavy (non-hydrogen) atoms. The van der Waals surface area contributed by atoms with Crippen LogP contribution in [0, 0.1) is 0 Å². The first-order chi connectivity index (χ1) is 30.0. The van der Waals surface area contributed by atoms with Crippen LogP contribution in [0.15, 0.2) is 115 Å². The maximum atomic E-state index is 13.6. The molecule has 0 unspecified atom stereocenters. The molecule has 0 atom stereocenters. The molecule has 0 heterocycles. The van der Waals surface area contributed by atoms with E-state index in [0.29, 0.717) is 30.3 Å². The van der Waals surface area contributed by atoms with Gasteiger partial charge in [-0.1, -0.05) is 12.1 Å². The molecule has 0 aliphatic carbocycles. The van der Waals surface area contributed by atoms with Gasteiger partial charge in [0, 0.05) is 0 Å². The fourth-order valence-electron chi connectivity index (χ4n) is 4.72. The Balaban J connectivity index is 0. The van der Waals surface area contributed by atoms with E-state index < -0.39 is 160 Å². The maximum absolute atomic E-state index is 13.6. The Hall–Kier alpha value is -0.230. The van der Waals surface area contributed by atoms with E-state index >= 15 is 0 Å². The van der Waals surface area contributed by atoms with E-state index in [1.807, 2.05) is 10.9 Å². The van der Waals surface area contributed by atoms with Crippen LogP contribution in [-0.4, -0.2) is 98.5 Å². The number of benzene rings is 4. The predicted molar refractivity (Wildman–Crippen MR) is 204 cm³/mol. The minimum absolute atomic E-state index is 0. The molecular formula is C28H21N6Na5O24S7. The van der Waals surface area contributed by atoms with E-state index in [1.54, 1.807) is 0 Å². The summed E-state index contributed by atoms with van der Waals surface area (Å²) in [6, 6.07) is 6.99. The van der Waals surface area contributed by atoms with Crippen LogP contribution in [0.3, 0.4) is 0 Å². The first kappa shape index (κ1) is 71.8. The van der Waals surface area contributed by atoms with Crippen molar-refractivity contribution >= 4 is 95.5 Å². The Morgan fingerprint density at radius 1 is 0.586 bits per heavy atom. The molecule has 42 heteroatoms. The maximum Gasteiger partial charge on any atom is 1.00 e. The molecule has 0 amide bonds. The monoisotopic (exact) mass is 1160 g/mol. The standard InChI is InChI=1S/C28H26N6O24S7.5Na/c35-26-23(32-29-17-3-1-2-4-20(17)62(43,44)45)27(36)25(34-31-19-8-6-16(14-22(19)64(49,50)51)61(41,42)12-10-56-65(52,53)54)28(37)24(26)33-30-18-7-5-15(13-21(18)63(46,47)48)60(39,40)11-9-55-59-58-57-38;;;;;/h1-8,13-14,29,31,37-38H,9-12H2,(H,43,44,45)(H,46,47,48)(H,49,50,51)(H,52,53,54);;;;;/q;5*+1/p-5/b32-23-,33-30?,34-25-;;;;;. The summed E-state index contributed by atoms with van der Waals surface area (Å²) in [5.74, 6) is -3.74. The molecule has 0 saturated carbocycles. The third-order valence-electron chi connectivity index (χ3n) is 7.56. The van der Waals surface area contributed by atoms with Crippen molar-refractivity contribution in [2.24, 2.45) is 20.4 Å². The number of anilines is 2. The molecule has 0 bridgehead atoms. The van der Waals surface area contributed by atoms with Crippen LogP contribution in [-0.2, 0) is 78.2 Å². The van der Waals surface area contributed by atoms with Crippen molar-refractivity contribution in [1.29, 1.82) is 0 Å². The Morgan fingerprint density at radius 2 is 1.07 bits per heavy atom. The van der Waals surface area contributed by atoms with Crippen LogP contribution >= 0.6 is 12.3 Å². The van der Waals surface area contributed by atoms with Gasteiger partial charge in [0.05, 0.1) is 60.6 Å². The second-order valence-corrected chi connectivity index (χ2v) is 21.6. The van der Waals surface area contributed by atoms with Gasteiger partial charge in [-0.05, 0) is 48.5 Å². The van der Waals surface area contributed by atoms with Gasteiger partial charge in [0.15, 0.2) is 54.1 Å². The van der Waals surface area contributed by atoms with Gasteiger partial charge < -0.3 is 28.6 Å². The fraction of sp³-hybridized carbons (Fsp3) is 0.143. The Labute approximate surface area is 510 Å². The molecule has 4 rings (SSSR count). The number of para-hydroxylation sites is 1. The summed E-state index contributed by atoms with van der Waals surface area (Å²) in [5, 5.41) is 34.9. The van der Waals surface area contributed by atoms with E-state index in [9.17, 15) is 88.7 Å². The van der Waals surface area contributed by atoms with E-state index in [2.05, 4.69) is 38.2 Å². The van der Waals surface area contributed by atoms with Gasteiger partial charge in [0.25, 0.3) is 0 Å². The number of phenols is 1. The molecule has 3 N–H and O–H groups in total. The molecule has 0 saturated heterocycles. The SMILES string of the molecule is O=c1c(N=Nc2ccc(S(=O)(=O)CCOSOO[O-])cc2S(=O)(=O)[O-])c(O)/c(=N\Nc2ccc(S(=O)(=O)CCOS(=O)(=O)[O-])cc2S(=O)(=O)[O-])c(=O)/c1=N\Nc1ccccc1S(=O)(=O)[O-].[Na+].[Na+].[Na+].[Na+].[Na+]. The van der Waals surface area contributed by atoms with Crippen LogP contribution in [0.1, 0.15) is 0 Å². The summed E-state index contributed by atoms with van der Waals surface area (Å²) in [6.45, 7) is -1.92. The number of sulfone groups is 2. The molecule has 0 aromatic heterocycles. The largest absolute Gasteiger partial charge is 1.00 e. The number of hydrogen-bond acceptors (Lipinski definition) is 31. The van der Waals surface area contributed by atoms with E-state index in [4.69, 9.17) is 0 Å². The quantitative estimate of drug-likeness (QED) is 0.0102. The Bertz CT molecular complexity index is 3500. The summed E-state index contributed by atoms with van der Waals surface area (Å²) >= 11 is -0.0589. The van der Waals surface area contributed by atoms with Gasteiger partial charge in [-0.15, -0.1) is 14.6 Å². The average Bonchev–Trinajstić information content (AvgIpc) is 3.19. The van der Waals surface area contributed by atoms with Crippen molar-refractivity contribution in [1.82, 2.24) is 0 Å². The Kier molecular flexibility index (Phi) is 30.7. The number of phenolic OH excluding ortho intramolecular Hbond substituents is 1. The van der Waals surface area contributed by atoms with Crippen molar-refractivity contribution in [2.45, 2.75) is 24.5 Å². The van der Waals surface area contributed by atoms with Crippen molar-refractivity contribution < 1.29 is 245 Å². The molecular weight excluding hydrogens is 1140 g/mol. The second kappa shape index (κ2) is 29.9. The van der Waals surface area contributed by atoms with Crippen molar-refractivity contribution in [3.8, 4) is 5.75 Å². The predicted octanol–water partition coefficient (Wildman–Crippen LogP) is -18.2. The van der Waals surface area contributed by atoms with Crippen molar-refractivity contribution in [3.05, 3.63) is 91.8 Å². The van der Waals surface area contributed by atoms with Crippen LogP contribution in [0.2, 0.25) is 0 Å². The number of aromatic hydroxyl groups is 1. The zero-order valence-electron chi connectivity index (χ0n) is 36.1. The molecule has 0 radical (unpaired) electrons. The van der Waals surface area contributed by atoms with E-state index in [1.165, 1.54) is 6.07 Å². The van der Waals surface area contributed by atoms with Crippen molar-refractivity contribution in [3.63, 3.8) is 0 Å². The molecule has 0 aliphatic heterocycles. The van der Waals surface area contributed by atoms with Gasteiger partial charge in [-0.3, -0.25) is 33.8 Å². The first-order valence-corrected chi connectivity index (χ1v) is 25.7. The van der Waals surface area contributed by atoms with Crippen LogP contribution in [0.5, 0.6) is 5.75 Å². The smallest absolute Gasteiger partial charge is 0.744 e. The summed E-state index contributed by atoms with van der Waals surface area (Å²) in [5.41, 5.74) is -3.69. The van der Waals surface area contributed by atoms with Crippen LogP contribution in [0.4, 0.5) is 22.7 Å². The summed E-state index contributed by atoms with van der Waals surface area (Å²) in [6.07, 6.45) is 0. The molecule has 354 valence electrons. The minimum atomic E-state index is -5.72. The average molecular weight is 1160 g/mol. The number of rotatable bonds is 21. The molecule has 30 nitrogen and oxygen atoms in total. The van der Waals surface area contributed by atoms with E-state index in [0.717, 1.165) is 18.2 Å². The third kappa shape index (κ3) is 20.4. The Morgan fingerprint density at radius 3 is 1.60 bits per heavy atom. The van der Waals surface area contributed by atoms with Crippen LogP contribution < -0.4 is 185 Å². The topological polar surface area (TPSA) is 485 Å². The van der Waals surface area contributed by atoms with Gasteiger partial charge in [-0.2, -0.15) is 10.2 Å². The molecule has 0 aliphatic rings. The number of nitrogens with zero attached hydrogens (tertiary/aromatic N) is 4. The summed E-state index contributed by atoms with van der Waals surface area (Å²) < 4.78 is 204. The van der Waals surface area contributed by atoms with Crippen molar-refractivity contribution in [2.75, 3.05) is 35.6 Å². The summed E-state index contributed by atoms with van der Waals surface area (Å²) in [4.78, 5) is 21.6. The molecule has 4 aromatic carbocycles. The number of hydrogen-bond donors (Lipinski definition) is 3. The molecule has 4 aromatic rings. The minimum Gasteiger partial charge on any atom is -0.744 e. The number of azo groups is 1.